The van der Waals surface area contributed by atoms with Gasteiger partial charge in [-0.25, -0.2) is 0 Å². The highest BCUT2D eigenvalue weighted by Gasteiger charge is 2.11. The lowest BCUT2D eigenvalue weighted by atomic mass is 10.1. The molecule has 1 aromatic carbocycles. The number of benzene rings is 1. The highest BCUT2D eigenvalue weighted by molar-refractivity contribution is 5.29. The minimum Gasteiger partial charge on any atom is -0.299 e. The van der Waals surface area contributed by atoms with E-state index < -0.39 is 0 Å². The zero-order valence-corrected chi connectivity index (χ0v) is 9.21. The van der Waals surface area contributed by atoms with E-state index in [0.29, 0.717) is 0 Å². The summed E-state index contributed by atoms with van der Waals surface area (Å²) in [6, 6.07) is 6.83. The van der Waals surface area contributed by atoms with Crippen molar-refractivity contribution in [2.45, 2.75) is 33.2 Å². The average Bonchev–Trinajstić information content (AvgIpc) is 2.64. The second kappa shape index (κ2) is 4.14. The maximum atomic E-state index is 2.55. The molecule has 0 aromatic heterocycles. The number of hydrogen-bond acceptors (Lipinski definition) is 1. The highest BCUT2D eigenvalue weighted by atomic mass is 15.1. The first kappa shape index (κ1) is 9.72. The molecule has 0 spiro atoms. The first-order chi connectivity index (χ1) is 6.75. The first-order valence-corrected chi connectivity index (χ1v) is 5.54. The van der Waals surface area contributed by atoms with Gasteiger partial charge in [-0.2, -0.15) is 0 Å². The molecule has 1 heterocycles. The van der Waals surface area contributed by atoms with Gasteiger partial charge in [-0.1, -0.05) is 18.2 Å². The Morgan fingerprint density at radius 2 is 1.79 bits per heavy atom. The smallest absolute Gasteiger partial charge is 0.0233 e. The Morgan fingerprint density at radius 1 is 1.07 bits per heavy atom. The maximum Gasteiger partial charge on any atom is 0.0233 e. The SMILES string of the molecule is Cc1ccc(CN2CCCC2)cc1C. The second-order valence-corrected chi connectivity index (χ2v) is 4.40. The van der Waals surface area contributed by atoms with Crippen molar-refractivity contribution in [3.63, 3.8) is 0 Å². The molecule has 1 aromatic rings. The summed E-state index contributed by atoms with van der Waals surface area (Å²) in [6.07, 6.45) is 2.76. The molecule has 0 N–H and O–H groups in total. The molecule has 76 valence electrons. The highest BCUT2D eigenvalue weighted by Crippen LogP contribution is 2.15. The number of rotatable bonds is 2. The van der Waals surface area contributed by atoms with Crippen molar-refractivity contribution < 1.29 is 0 Å². The van der Waals surface area contributed by atoms with E-state index in [1.54, 1.807) is 0 Å². The van der Waals surface area contributed by atoms with Crippen LogP contribution in [0.15, 0.2) is 18.2 Å². The minimum atomic E-state index is 1.14. The molecule has 1 nitrogen and oxygen atoms in total. The Hall–Kier alpha value is -0.820. The van der Waals surface area contributed by atoms with Crippen LogP contribution >= 0.6 is 0 Å². The van der Waals surface area contributed by atoms with Crippen molar-refractivity contribution >= 4 is 0 Å². The third kappa shape index (κ3) is 2.16. The van der Waals surface area contributed by atoms with Crippen LogP contribution < -0.4 is 0 Å². The fourth-order valence-electron chi connectivity index (χ4n) is 2.10. The molecule has 1 aliphatic heterocycles. The molecule has 1 aliphatic rings. The van der Waals surface area contributed by atoms with Gasteiger partial charge in [0, 0.05) is 6.54 Å². The Balaban J connectivity index is 2.05. The van der Waals surface area contributed by atoms with Gasteiger partial charge in [0.05, 0.1) is 0 Å². The third-order valence-electron chi connectivity index (χ3n) is 3.18. The Morgan fingerprint density at radius 3 is 2.43 bits per heavy atom. The lowest BCUT2D eigenvalue weighted by Gasteiger charge is -2.15. The largest absolute Gasteiger partial charge is 0.299 e. The Labute approximate surface area is 86.7 Å². The molecule has 0 atom stereocenters. The zero-order chi connectivity index (χ0) is 9.97. The van der Waals surface area contributed by atoms with Crippen molar-refractivity contribution in [1.29, 1.82) is 0 Å². The summed E-state index contributed by atoms with van der Waals surface area (Å²) in [5.41, 5.74) is 4.28. The maximum absolute atomic E-state index is 2.55. The molecule has 0 unspecified atom stereocenters. The van der Waals surface area contributed by atoms with E-state index in [-0.39, 0.29) is 0 Å². The van der Waals surface area contributed by atoms with Crippen LogP contribution in [0.4, 0.5) is 0 Å². The monoisotopic (exact) mass is 189 g/mol. The van der Waals surface area contributed by atoms with E-state index in [0.717, 1.165) is 6.54 Å². The molecule has 0 aliphatic carbocycles. The topological polar surface area (TPSA) is 3.24 Å². The van der Waals surface area contributed by atoms with Gasteiger partial charge >= 0.3 is 0 Å². The lowest BCUT2D eigenvalue weighted by molar-refractivity contribution is 0.331. The van der Waals surface area contributed by atoms with Crippen LogP contribution in [0.5, 0.6) is 0 Å². The molecule has 1 heteroatoms. The average molecular weight is 189 g/mol. The number of likely N-dealkylation sites (tertiary alicyclic amines) is 1. The Kier molecular flexibility index (Phi) is 2.87. The van der Waals surface area contributed by atoms with Gasteiger partial charge in [0.2, 0.25) is 0 Å². The molecule has 0 radical (unpaired) electrons. The van der Waals surface area contributed by atoms with Gasteiger partial charge in [0.1, 0.15) is 0 Å². The van der Waals surface area contributed by atoms with Gasteiger partial charge in [-0.3, -0.25) is 4.90 Å². The molecule has 14 heavy (non-hydrogen) atoms. The molecule has 0 amide bonds. The Bertz CT molecular complexity index is 311. The fourth-order valence-corrected chi connectivity index (χ4v) is 2.10. The van der Waals surface area contributed by atoms with Crippen molar-refractivity contribution in [3.8, 4) is 0 Å². The standard InChI is InChI=1S/C13H19N/c1-11-5-6-13(9-12(11)2)10-14-7-3-4-8-14/h5-6,9H,3-4,7-8,10H2,1-2H3. The van der Waals surface area contributed by atoms with Crippen LogP contribution in [0.1, 0.15) is 29.5 Å². The molecule has 0 saturated carbocycles. The zero-order valence-electron chi connectivity index (χ0n) is 9.21. The van der Waals surface area contributed by atoms with Gasteiger partial charge in [0.15, 0.2) is 0 Å². The van der Waals surface area contributed by atoms with E-state index >= 15 is 0 Å². The van der Waals surface area contributed by atoms with E-state index in [4.69, 9.17) is 0 Å². The van der Waals surface area contributed by atoms with Crippen LogP contribution in [0.25, 0.3) is 0 Å². The van der Waals surface area contributed by atoms with Gasteiger partial charge in [0.25, 0.3) is 0 Å². The van der Waals surface area contributed by atoms with Crippen LogP contribution in [-0.2, 0) is 6.54 Å². The van der Waals surface area contributed by atoms with E-state index in [1.807, 2.05) is 0 Å². The predicted octanol–water partition coefficient (Wildman–Crippen LogP) is 2.90. The number of nitrogens with zero attached hydrogens (tertiary/aromatic N) is 1. The normalized spacial score (nSPS) is 17.6. The van der Waals surface area contributed by atoms with E-state index in [2.05, 4.69) is 36.9 Å². The van der Waals surface area contributed by atoms with Crippen LogP contribution in [0.2, 0.25) is 0 Å². The summed E-state index contributed by atoms with van der Waals surface area (Å²) in [4.78, 5) is 2.55. The summed E-state index contributed by atoms with van der Waals surface area (Å²) >= 11 is 0. The van der Waals surface area contributed by atoms with E-state index in [9.17, 15) is 0 Å². The van der Waals surface area contributed by atoms with Crippen LogP contribution in [0.3, 0.4) is 0 Å². The summed E-state index contributed by atoms with van der Waals surface area (Å²) < 4.78 is 0. The molecule has 2 rings (SSSR count). The van der Waals surface area contributed by atoms with Crippen molar-refractivity contribution in [2.75, 3.05) is 13.1 Å². The van der Waals surface area contributed by atoms with Crippen molar-refractivity contribution in [2.24, 2.45) is 0 Å². The first-order valence-electron chi connectivity index (χ1n) is 5.54. The van der Waals surface area contributed by atoms with Crippen molar-refractivity contribution in [1.82, 2.24) is 4.90 Å². The van der Waals surface area contributed by atoms with Crippen LogP contribution in [0, 0.1) is 13.8 Å². The summed E-state index contributed by atoms with van der Waals surface area (Å²) in [6.45, 7) is 8.08. The van der Waals surface area contributed by atoms with Crippen LogP contribution in [-0.4, -0.2) is 18.0 Å². The van der Waals surface area contributed by atoms with Gasteiger partial charge in [-0.05, 0) is 56.5 Å². The molecular formula is C13H19N. The van der Waals surface area contributed by atoms with E-state index in [1.165, 1.54) is 42.6 Å². The number of hydrogen-bond donors (Lipinski definition) is 0. The van der Waals surface area contributed by atoms with Gasteiger partial charge in [-0.15, -0.1) is 0 Å². The fraction of sp³-hybridized carbons (Fsp3) is 0.538. The summed E-state index contributed by atoms with van der Waals surface area (Å²) in [5.74, 6) is 0. The second-order valence-electron chi connectivity index (χ2n) is 4.40. The number of aryl methyl sites for hydroxylation is 2. The summed E-state index contributed by atoms with van der Waals surface area (Å²) in [5, 5.41) is 0. The molecule has 1 fully saturated rings. The third-order valence-corrected chi connectivity index (χ3v) is 3.18. The lowest BCUT2D eigenvalue weighted by Crippen LogP contribution is -2.18. The predicted molar refractivity (Wildman–Crippen MR) is 60.4 cm³/mol. The molecule has 1 saturated heterocycles. The minimum absolute atomic E-state index is 1.14. The molecular weight excluding hydrogens is 170 g/mol. The molecule has 0 bridgehead atoms. The summed E-state index contributed by atoms with van der Waals surface area (Å²) in [7, 11) is 0. The van der Waals surface area contributed by atoms with Crippen molar-refractivity contribution in [3.05, 3.63) is 34.9 Å². The quantitative estimate of drug-likeness (QED) is 0.691. The van der Waals surface area contributed by atoms with Gasteiger partial charge < -0.3 is 0 Å².